The van der Waals surface area contributed by atoms with Crippen molar-refractivity contribution in [1.29, 1.82) is 0 Å². The van der Waals surface area contributed by atoms with E-state index in [1.807, 2.05) is 6.92 Å². The van der Waals surface area contributed by atoms with Crippen LogP contribution in [0.4, 0.5) is 8.78 Å². The van der Waals surface area contributed by atoms with E-state index in [0.717, 1.165) is 25.7 Å². The Balaban J connectivity index is 1.72. The summed E-state index contributed by atoms with van der Waals surface area (Å²) in [5.74, 6) is -2.73. The minimum Gasteiger partial charge on any atom is -0.300 e. The van der Waals surface area contributed by atoms with Gasteiger partial charge < -0.3 is 0 Å². The van der Waals surface area contributed by atoms with Crippen molar-refractivity contribution in [3.8, 4) is 0 Å². The minimum absolute atomic E-state index is 0.0118. The maximum absolute atomic E-state index is 14.6. The molecule has 0 unspecified atom stereocenters. The molecule has 0 aromatic heterocycles. The molecule has 0 radical (unpaired) electrons. The summed E-state index contributed by atoms with van der Waals surface area (Å²) in [6, 6.07) is 0. The normalized spacial score (nSPS) is 48.2. The van der Waals surface area contributed by atoms with Gasteiger partial charge in [0.1, 0.15) is 5.78 Å². The highest BCUT2D eigenvalue weighted by Gasteiger charge is 2.63. The zero-order valence-corrected chi connectivity index (χ0v) is 15.4. The quantitative estimate of drug-likeness (QED) is 0.626. The number of hydrogen-bond acceptors (Lipinski definition) is 2. The molecule has 0 aromatic carbocycles. The van der Waals surface area contributed by atoms with Crippen LogP contribution < -0.4 is 0 Å². The van der Waals surface area contributed by atoms with E-state index < -0.39 is 17.1 Å². The molecule has 2 nitrogen and oxygen atoms in total. The van der Waals surface area contributed by atoms with Gasteiger partial charge in [0.15, 0.2) is 0 Å². The van der Waals surface area contributed by atoms with E-state index in [-0.39, 0.29) is 35.0 Å². The maximum atomic E-state index is 14.6. The largest absolute Gasteiger partial charge is 0.327 e. The van der Waals surface area contributed by atoms with Crippen molar-refractivity contribution in [2.75, 3.05) is 0 Å². The number of carbonyl (C=O) groups excluding carboxylic acids is 2. The summed E-state index contributed by atoms with van der Waals surface area (Å²) in [4.78, 5) is 23.9. The lowest BCUT2D eigenvalue weighted by Crippen LogP contribution is -2.55. The summed E-state index contributed by atoms with van der Waals surface area (Å²) in [5, 5.41) is 0. The number of Topliss-reactive ketones (excluding diaryl/α,β-unsaturated/α-hetero) is 2. The highest BCUT2D eigenvalue weighted by Crippen LogP contribution is 2.67. The van der Waals surface area contributed by atoms with Gasteiger partial charge in [0, 0.05) is 17.9 Å². The molecule has 138 valence electrons. The average Bonchev–Trinajstić information content (AvgIpc) is 2.89. The van der Waals surface area contributed by atoms with Crippen LogP contribution in [0.5, 0.6) is 0 Å². The molecule has 0 aliphatic heterocycles. The lowest BCUT2D eigenvalue weighted by Gasteiger charge is -2.58. The predicted octanol–water partition coefficient (Wildman–Crippen LogP) is 4.97. The van der Waals surface area contributed by atoms with Gasteiger partial charge in [-0.25, -0.2) is 0 Å². The monoisotopic (exact) mass is 350 g/mol. The maximum Gasteiger partial charge on any atom is 0.327 e. The Morgan fingerprint density at radius 1 is 1.12 bits per heavy atom. The lowest BCUT2D eigenvalue weighted by molar-refractivity contribution is -0.149. The van der Waals surface area contributed by atoms with E-state index in [9.17, 15) is 18.4 Å². The molecule has 0 aromatic rings. The fourth-order valence-corrected chi connectivity index (χ4v) is 7.25. The second kappa shape index (κ2) is 5.23. The number of rotatable bonds is 1. The topological polar surface area (TPSA) is 34.1 Å². The van der Waals surface area contributed by atoms with E-state index in [0.29, 0.717) is 24.7 Å². The molecule has 4 aliphatic carbocycles. The lowest BCUT2D eigenvalue weighted by atomic mass is 9.47. The zero-order valence-electron chi connectivity index (χ0n) is 15.4. The minimum atomic E-state index is -3.28. The van der Waals surface area contributed by atoms with E-state index in [1.54, 1.807) is 13.0 Å². The van der Waals surface area contributed by atoms with Gasteiger partial charge in [-0.3, -0.25) is 9.59 Å². The highest BCUT2D eigenvalue weighted by molar-refractivity contribution is 5.90. The van der Waals surface area contributed by atoms with E-state index >= 15 is 0 Å². The van der Waals surface area contributed by atoms with Gasteiger partial charge in [-0.05, 0) is 74.0 Å². The molecule has 0 heterocycles. The molecule has 4 aliphatic rings. The van der Waals surface area contributed by atoms with Crippen molar-refractivity contribution >= 4 is 11.6 Å². The molecule has 3 fully saturated rings. The van der Waals surface area contributed by atoms with Crippen LogP contribution in [0.3, 0.4) is 0 Å². The SMILES string of the molecule is CC(=O)[C@H]1CC[C@H]2[C@@H]3CC=C4C(F)(F)C(=O)CC[C@]4(C)[C@H]3CC[C@]12C. The third kappa shape index (κ3) is 2.12. The Labute approximate surface area is 148 Å². The van der Waals surface area contributed by atoms with E-state index in [1.165, 1.54) is 0 Å². The highest BCUT2D eigenvalue weighted by atomic mass is 19.3. The first-order valence-corrected chi connectivity index (χ1v) is 9.75. The summed E-state index contributed by atoms with van der Waals surface area (Å²) in [6.45, 7) is 5.93. The van der Waals surface area contributed by atoms with Gasteiger partial charge in [0.25, 0.3) is 0 Å². The Kier molecular flexibility index (Phi) is 3.63. The predicted molar refractivity (Wildman–Crippen MR) is 91.2 cm³/mol. The molecular weight excluding hydrogens is 322 g/mol. The molecule has 0 N–H and O–H groups in total. The van der Waals surface area contributed by atoms with Crippen LogP contribution >= 0.6 is 0 Å². The molecule has 25 heavy (non-hydrogen) atoms. The second-order valence-electron chi connectivity index (χ2n) is 9.43. The van der Waals surface area contributed by atoms with Gasteiger partial charge in [0.05, 0.1) is 0 Å². The molecule has 6 atom stereocenters. The van der Waals surface area contributed by atoms with Crippen molar-refractivity contribution < 1.29 is 18.4 Å². The third-order valence-corrected chi connectivity index (χ3v) is 8.52. The molecule has 0 saturated heterocycles. The number of alkyl halides is 2. The number of allylic oxidation sites excluding steroid dienone is 2. The van der Waals surface area contributed by atoms with Crippen molar-refractivity contribution in [3.05, 3.63) is 11.6 Å². The Bertz CT molecular complexity index is 667. The van der Waals surface area contributed by atoms with Crippen LogP contribution in [0.1, 0.15) is 65.7 Å². The van der Waals surface area contributed by atoms with Gasteiger partial charge in [-0.1, -0.05) is 19.9 Å². The van der Waals surface area contributed by atoms with E-state index in [2.05, 4.69) is 6.92 Å². The number of hydrogen-bond donors (Lipinski definition) is 0. The molecule has 3 saturated carbocycles. The van der Waals surface area contributed by atoms with Crippen LogP contribution in [0, 0.1) is 34.5 Å². The zero-order chi connectivity index (χ0) is 18.2. The van der Waals surface area contributed by atoms with Crippen molar-refractivity contribution in [1.82, 2.24) is 0 Å². The standard InChI is InChI=1S/C21H28F2O2/c1-12(24)14-5-6-15-13-4-7-17-20(3,11-9-18(25)21(17,22)23)16(13)8-10-19(14,15)2/h7,13-16H,4-6,8-11H2,1-3H3/t13-,14+,15-,16-,19+,20+/m0/s1. The van der Waals surface area contributed by atoms with Crippen molar-refractivity contribution in [2.45, 2.75) is 71.6 Å². The smallest absolute Gasteiger partial charge is 0.300 e. The van der Waals surface area contributed by atoms with Crippen molar-refractivity contribution in [2.24, 2.45) is 34.5 Å². The van der Waals surface area contributed by atoms with Crippen LogP contribution in [0.2, 0.25) is 0 Å². The summed E-state index contributed by atoms with van der Waals surface area (Å²) in [5.41, 5.74) is -0.431. The fourth-order valence-electron chi connectivity index (χ4n) is 7.25. The Morgan fingerprint density at radius 3 is 2.52 bits per heavy atom. The van der Waals surface area contributed by atoms with Crippen LogP contribution in [0.25, 0.3) is 0 Å². The third-order valence-electron chi connectivity index (χ3n) is 8.52. The number of halogens is 2. The first-order valence-electron chi connectivity index (χ1n) is 9.75. The molecule has 0 spiro atoms. The molecule has 4 rings (SSSR count). The van der Waals surface area contributed by atoms with Crippen molar-refractivity contribution in [3.63, 3.8) is 0 Å². The van der Waals surface area contributed by atoms with Gasteiger partial charge in [0.2, 0.25) is 5.78 Å². The second-order valence-corrected chi connectivity index (χ2v) is 9.43. The summed E-state index contributed by atoms with van der Waals surface area (Å²) < 4.78 is 29.2. The van der Waals surface area contributed by atoms with Crippen LogP contribution in [-0.2, 0) is 9.59 Å². The summed E-state index contributed by atoms with van der Waals surface area (Å²) in [7, 11) is 0. The Morgan fingerprint density at radius 2 is 1.84 bits per heavy atom. The molecular formula is C21H28F2O2. The summed E-state index contributed by atoms with van der Waals surface area (Å²) in [6.07, 6.45) is 6.72. The van der Waals surface area contributed by atoms with Gasteiger partial charge in [-0.15, -0.1) is 0 Å². The van der Waals surface area contributed by atoms with E-state index in [4.69, 9.17) is 0 Å². The fraction of sp³-hybridized carbons (Fsp3) is 0.810. The Hall–Kier alpha value is -1.06. The molecule has 0 bridgehead atoms. The van der Waals surface area contributed by atoms with Gasteiger partial charge >= 0.3 is 5.92 Å². The first kappa shape index (κ1) is 17.4. The van der Waals surface area contributed by atoms with Crippen LogP contribution in [0.15, 0.2) is 11.6 Å². The number of carbonyl (C=O) groups is 2. The number of fused-ring (bicyclic) bond motifs is 5. The number of ketones is 2. The first-order chi connectivity index (χ1) is 11.6. The van der Waals surface area contributed by atoms with Gasteiger partial charge in [-0.2, -0.15) is 8.78 Å². The van der Waals surface area contributed by atoms with Crippen LogP contribution in [-0.4, -0.2) is 17.5 Å². The average molecular weight is 350 g/mol. The molecule has 4 heteroatoms. The molecule has 0 amide bonds. The summed E-state index contributed by atoms with van der Waals surface area (Å²) >= 11 is 0.